The molecule has 1 unspecified atom stereocenters. The second kappa shape index (κ2) is 5.68. The molecule has 1 aliphatic rings. The topological polar surface area (TPSA) is 29.9 Å². The fourth-order valence-electron chi connectivity index (χ4n) is 3.06. The van der Waals surface area contributed by atoms with Gasteiger partial charge in [0.15, 0.2) is 0 Å². The van der Waals surface area contributed by atoms with Gasteiger partial charge >= 0.3 is 0 Å². The Morgan fingerprint density at radius 1 is 1.50 bits per heavy atom. The summed E-state index contributed by atoms with van der Waals surface area (Å²) in [4.78, 5) is 4.89. The molecule has 3 rings (SSSR count). The molecule has 0 saturated carbocycles. The van der Waals surface area contributed by atoms with E-state index < -0.39 is 0 Å². The molecule has 2 aromatic rings. The van der Waals surface area contributed by atoms with Crippen LogP contribution in [0, 0.1) is 12.3 Å². The number of hydrogen-bond acceptors (Lipinski definition) is 2. The van der Waals surface area contributed by atoms with Gasteiger partial charge in [0, 0.05) is 12.5 Å². The van der Waals surface area contributed by atoms with Gasteiger partial charge in [-0.15, -0.1) is 6.42 Å². The predicted octanol–water partition coefficient (Wildman–Crippen LogP) is 2.70. The van der Waals surface area contributed by atoms with Crippen LogP contribution in [0.5, 0.6) is 0 Å². The molecule has 3 nitrogen and oxygen atoms in total. The zero-order valence-corrected chi connectivity index (χ0v) is 12.0. The van der Waals surface area contributed by atoms with Crippen LogP contribution in [0.3, 0.4) is 0 Å². The van der Waals surface area contributed by atoms with Crippen molar-refractivity contribution >= 4 is 11.0 Å². The lowest BCUT2D eigenvalue weighted by Gasteiger charge is -2.22. The van der Waals surface area contributed by atoms with Crippen LogP contribution in [0.15, 0.2) is 18.2 Å². The number of terminal acetylenes is 1. The zero-order valence-electron chi connectivity index (χ0n) is 12.0. The zero-order chi connectivity index (χ0) is 13.9. The number of aromatic nitrogens is 2. The number of piperidine rings is 1. The quantitative estimate of drug-likeness (QED) is 0.867. The van der Waals surface area contributed by atoms with Gasteiger partial charge < -0.3 is 9.88 Å². The normalized spacial score (nSPS) is 19.1. The van der Waals surface area contributed by atoms with Crippen molar-refractivity contribution < 1.29 is 0 Å². The van der Waals surface area contributed by atoms with Crippen molar-refractivity contribution in [3.8, 4) is 12.3 Å². The highest BCUT2D eigenvalue weighted by molar-refractivity contribution is 5.77. The van der Waals surface area contributed by atoms with Crippen LogP contribution in [0.4, 0.5) is 0 Å². The Morgan fingerprint density at radius 2 is 2.40 bits per heavy atom. The molecule has 20 heavy (non-hydrogen) atoms. The van der Waals surface area contributed by atoms with E-state index in [4.69, 9.17) is 11.4 Å². The van der Waals surface area contributed by atoms with Crippen LogP contribution in [-0.4, -0.2) is 22.6 Å². The monoisotopic (exact) mass is 267 g/mol. The number of hydrogen-bond donors (Lipinski definition) is 1. The summed E-state index contributed by atoms with van der Waals surface area (Å²) in [6.45, 7) is 4.90. The summed E-state index contributed by atoms with van der Waals surface area (Å²) in [5.41, 5.74) is 3.58. The van der Waals surface area contributed by atoms with Crippen LogP contribution in [0.25, 0.3) is 11.0 Å². The maximum Gasteiger partial charge on any atom is 0.115 e. The Balaban J connectivity index is 2.09. The summed E-state index contributed by atoms with van der Waals surface area (Å²) in [6.07, 6.45) is 9.00. The van der Waals surface area contributed by atoms with Crippen LogP contribution in [0.2, 0.25) is 0 Å². The Bertz CT molecular complexity index is 642. The van der Waals surface area contributed by atoms with Crippen molar-refractivity contribution in [2.24, 2.45) is 0 Å². The number of fused-ring (bicyclic) bond motifs is 1. The molecule has 1 atom stereocenters. The molecule has 0 bridgehead atoms. The molecule has 0 aliphatic carbocycles. The largest absolute Gasteiger partial charge is 0.316 e. The van der Waals surface area contributed by atoms with Crippen molar-refractivity contribution in [3.05, 3.63) is 29.6 Å². The number of nitrogens with one attached hydrogen (secondary N) is 1. The lowest BCUT2D eigenvalue weighted by Crippen LogP contribution is -2.30. The van der Waals surface area contributed by atoms with Gasteiger partial charge in [-0.05, 0) is 43.5 Å². The van der Waals surface area contributed by atoms with E-state index in [9.17, 15) is 0 Å². The summed E-state index contributed by atoms with van der Waals surface area (Å²) in [6, 6.07) is 6.54. The molecule has 3 heteroatoms. The highest BCUT2D eigenvalue weighted by Crippen LogP contribution is 2.27. The molecule has 1 aliphatic heterocycles. The Morgan fingerprint density at radius 3 is 3.10 bits per heavy atom. The Labute approximate surface area is 120 Å². The van der Waals surface area contributed by atoms with Crippen LogP contribution < -0.4 is 5.32 Å². The first-order valence-corrected chi connectivity index (χ1v) is 7.46. The first-order chi connectivity index (χ1) is 9.83. The average Bonchev–Trinajstić information content (AvgIpc) is 2.86. The fraction of sp³-hybridized carbons (Fsp3) is 0.471. The van der Waals surface area contributed by atoms with Crippen molar-refractivity contribution in [1.29, 1.82) is 0 Å². The third kappa shape index (κ3) is 2.32. The second-order valence-electron chi connectivity index (χ2n) is 5.48. The molecular formula is C17H21N3. The molecule has 104 valence electrons. The van der Waals surface area contributed by atoms with E-state index in [1.165, 1.54) is 23.9 Å². The fourth-order valence-corrected chi connectivity index (χ4v) is 3.06. The number of rotatable bonds is 3. The van der Waals surface area contributed by atoms with E-state index in [0.717, 1.165) is 30.9 Å². The summed E-state index contributed by atoms with van der Waals surface area (Å²) >= 11 is 0. The van der Waals surface area contributed by atoms with E-state index in [1.807, 2.05) is 0 Å². The standard InChI is InChI=1S/C17H21N3/c1-3-10-20-16-8-7-13(4-2)11-15(16)19-17(20)14-6-5-9-18-12-14/h1,7-8,11,14,18H,4-6,9-10,12H2,2H3. The SMILES string of the molecule is C#CCn1c(C2CCCNC2)nc2cc(CC)ccc21. The van der Waals surface area contributed by atoms with Gasteiger partial charge in [-0.2, -0.15) is 0 Å². The first kappa shape index (κ1) is 13.2. The van der Waals surface area contributed by atoms with E-state index in [2.05, 4.69) is 40.9 Å². The van der Waals surface area contributed by atoms with E-state index >= 15 is 0 Å². The van der Waals surface area contributed by atoms with Gasteiger partial charge in [0.1, 0.15) is 5.82 Å². The van der Waals surface area contributed by atoms with Gasteiger partial charge in [0.25, 0.3) is 0 Å². The Kier molecular flexibility index (Phi) is 3.75. The average molecular weight is 267 g/mol. The molecule has 1 fully saturated rings. The summed E-state index contributed by atoms with van der Waals surface area (Å²) in [7, 11) is 0. The van der Waals surface area contributed by atoms with Crippen molar-refractivity contribution in [2.75, 3.05) is 13.1 Å². The van der Waals surface area contributed by atoms with Crippen LogP contribution in [0.1, 0.15) is 37.1 Å². The van der Waals surface area contributed by atoms with Gasteiger partial charge in [-0.3, -0.25) is 0 Å². The number of nitrogens with zero attached hydrogens (tertiary/aromatic N) is 2. The van der Waals surface area contributed by atoms with E-state index in [-0.39, 0.29) is 0 Å². The van der Waals surface area contributed by atoms with Crippen LogP contribution in [-0.2, 0) is 13.0 Å². The number of benzene rings is 1. The van der Waals surface area contributed by atoms with Gasteiger partial charge in [0.05, 0.1) is 17.6 Å². The van der Waals surface area contributed by atoms with Crippen molar-refractivity contribution in [2.45, 2.75) is 38.6 Å². The summed E-state index contributed by atoms with van der Waals surface area (Å²) < 4.78 is 2.21. The molecular weight excluding hydrogens is 246 g/mol. The third-order valence-corrected chi connectivity index (χ3v) is 4.16. The van der Waals surface area contributed by atoms with Crippen molar-refractivity contribution in [3.63, 3.8) is 0 Å². The number of imidazole rings is 1. The minimum absolute atomic E-state index is 0.481. The minimum Gasteiger partial charge on any atom is -0.316 e. The van der Waals surface area contributed by atoms with Gasteiger partial charge in [0.2, 0.25) is 0 Å². The minimum atomic E-state index is 0.481. The van der Waals surface area contributed by atoms with E-state index in [1.54, 1.807) is 0 Å². The highest BCUT2D eigenvalue weighted by atomic mass is 15.1. The van der Waals surface area contributed by atoms with Gasteiger partial charge in [-0.25, -0.2) is 4.98 Å². The van der Waals surface area contributed by atoms with E-state index in [0.29, 0.717) is 12.5 Å². The third-order valence-electron chi connectivity index (χ3n) is 4.16. The Hall–Kier alpha value is -1.79. The molecule has 2 heterocycles. The molecule has 1 N–H and O–H groups in total. The molecule has 0 amide bonds. The molecule has 1 aromatic heterocycles. The molecule has 1 aromatic carbocycles. The summed E-state index contributed by atoms with van der Waals surface area (Å²) in [5.74, 6) is 4.41. The smallest absolute Gasteiger partial charge is 0.115 e. The van der Waals surface area contributed by atoms with Gasteiger partial charge in [-0.1, -0.05) is 18.9 Å². The maximum atomic E-state index is 5.55. The lowest BCUT2D eigenvalue weighted by atomic mass is 9.99. The maximum absolute atomic E-state index is 5.55. The summed E-state index contributed by atoms with van der Waals surface area (Å²) in [5, 5.41) is 3.46. The van der Waals surface area contributed by atoms with Crippen LogP contribution >= 0.6 is 0 Å². The predicted molar refractivity (Wildman–Crippen MR) is 82.8 cm³/mol. The first-order valence-electron chi connectivity index (χ1n) is 7.46. The molecule has 0 radical (unpaired) electrons. The molecule has 1 saturated heterocycles. The highest BCUT2D eigenvalue weighted by Gasteiger charge is 2.22. The van der Waals surface area contributed by atoms with Crippen molar-refractivity contribution in [1.82, 2.24) is 14.9 Å². The molecule has 0 spiro atoms. The second-order valence-corrected chi connectivity index (χ2v) is 5.48. The number of aryl methyl sites for hydroxylation is 1. The lowest BCUT2D eigenvalue weighted by molar-refractivity contribution is 0.438.